The number of nitrogens with one attached hydrogen (secondary N) is 2. The fraction of sp³-hybridized carbons (Fsp3) is 0.297. The van der Waals surface area contributed by atoms with Crippen LogP contribution in [0.1, 0.15) is 80.0 Å². The van der Waals surface area contributed by atoms with Gasteiger partial charge in [0.2, 0.25) is 21.7 Å². The van der Waals surface area contributed by atoms with E-state index in [9.17, 15) is 31.6 Å². The van der Waals surface area contributed by atoms with Gasteiger partial charge in [-0.25, -0.2) is 17.2 Å². The van der Waals surface area contributed by atoms with Crippen molar-refractivity contribution in [1.29, 1.82) is 0 Å². The third kappa shape index (κ3) is 10.1. The van der Waals surface area contributed by atoms with Crippen molar-refractivity contribution >= 4 is 27.4 Å². The number of aryl methyl sites for hydroxylation is 1. The molecule has 2 unspecified atom stereocenters. The predicted molar refractivity (Wildman–Crippen MR) is 180 cm³/mol. The van der Waals surface area contributed by atoms with Gasteiger partial charge >= 0.3 is 0 Å². The fourth-order valence-corrected chi connectivity index (χ4v) is 5.73. The summed E-state index contributed by atoms with van der Waals surface area (Å²) >= 11 is 0. The molecule has 4 aromatic rings. The highest BCUT2D eigenvalue weighted by Gasteiger charge is 2.34. The highest BCUT2D eigenvalue weighted by Crippen LogP contribution is 2.29. The molecule has 1 aromatic heterocycles. The first-order valence-electron chi connectivity index (χ1n) is 15.2. The van der Waals surface area contributed by atoms with Crippen molar-refractivity contribution in [3.05, 3.63) is 131 Å². The Labute approximate surface area is 280 Å². The normalized spacial score (nSPS) is 12.9. The average molecular weight is 678 g/mol. The summed E-state index contributed by atoms with van der Waals surface area (Å²) in [5.41, 5.74) is 0.794. The molecule has 0 spiro atoms. The zero-order valence-electron chi connectivity index (χ0n) is 28.0. The molecular formula is C37H41F2N3O5S. The fourth-order valence-electron chi connectivity index (χ4n) is 4.16. The Kier molecular flexibility index (Phi) is 12.1. The number of Topliss-reactive ketones (excluding diaryl/α,β-unsaturated/α-hetero) is 1. The van der Waals surface area contributed by atoms with Gasteiger partial charge in [0.1, 0.15) is 17.7 Å². The summed E-state index contributed by atoms with van der Waals surface area (Å²) in [6.07, 6.45) is 3.03. The van der Waals surface area contributed by atoms with Crippen molar-refractivity contribution in [2.75, 3.05) is 0 Å². The van der Waals surface area contributed by atoms with Crippen LogP contribution in [0.3, 0.4) is 0 Å². The van der Waals surface area contributed by atoms with E-state index in [1.807, 2.05) is 6.92 Å². The van der Waals surface area contributed by atoms with Crippen LogP contribution in [-0.4, -0.2) is 31.0 Å². The molecular weight excluding hydrogens is 636 g/mol. The minimum atomic E-state index is -3.89. The highest BCUT2D eigenvalue weighted by atomic mass is 32.2. The molecule has 4 rings (SSSR count). The zero-order chi connectivity index (χ0) is 35.9. The number of hydrogen-bond acceptors (Lipinski definition) is 6. The number of nitrogens with zero attached hydrogens (tertiary/aromatic N) is 1. The molecule has 2 amide bonds. The lowest BCUT2D eigenvalue weighted by Gasteiger charge is -2.25. The number of sulfone groups is 1. The topological polar surface area (TPSA) is 122 Å². The molecule has 2 atom stereocenters. The third-order valence-corrected chi connectivity index (χ3v) is 9.10. The quantitative estimate of drug-likeness (QED) is 0.192. The maximum Gasteiger partial charge on any atom is 0.226 e. The van der Waals surface area contributed by atoms with E-state index >= 15 is 0 Å². The molecule has 8 nitrogen and oxygen atoms in total. The number of carbonyl (C=O) groups excluding carboxylic acids is 3. The lowest BCUT2D eigenvalue weighted by molar-refractivity contribution is -0.129. The van der Waals surface area contributed by atoms with E-state index in [2.05, 4.69) is 15.6 Å². The smallest absolute Gasteiger partial charge is 0.226 e. The number of aromatic nitrogens is 1. The van der Waals surface area contributed by atoms with E-state index in [1.165, 1.54) is 73.1 Å². The Hall–Kier alpha value is -4.77. The molecule has 2 N–H and O–H groups in total. The first-order chi connectivity index (χ1) is 22.3. The van der Waals surface area contributed by atoms with E-state index in [-0.39, 0.29) is 16.6 Å². The van der Waals surface area contributed by atoms with Crippen LogP contribution >= 0.6 is 0 Å². The molecule has 11 heteroatoms. The molecule has 48 heavy (non-hydrogen) atoms. The Morgan fingerprint density at radius 2 is 1.08 bits per heavy atom. The summed E-state index contributed by atoms with van der Waals surface area (Å²) in [5.74, 6) is -1.80. The molecule has 3 aromatic carbocycles. The zero-order valence-corrected chi connectivity index (χ0v) is 28.9. The van der Waals surface area contributed by atoms with E-state index in [1.54, 1.807) is 65.8 Å². The van der Waals surface area contributed by atoms with Gasteiger partial charge in [0, 0.05) is 28.8 Å². The lowest BCUT2D eigenvalue weighted by atomic mass is 9.92. The van der Waals surface area contributed by atoms with Crippen LogP contribution in [0.2, 0.25) is 0 Å². The second-order valence-electron chi connectivity index (χ2n) is 13.3. The lowest BCUT2D eigenvalue weighted by Crippen LogP contribution is -2.40. The monoisotopic (exact) mass is 677 g/mol. The van der Waals surface area contributed by atoms with Crippen LogP contribution in [0.25, 0.3) is 0 Å². The second kappa shape index (κ2) is 15.4. The number of pyridine rings is 1. The van der Waals surface area contributed by atoms with E-state index in [4.69, 9.17) is 0 Å². The summed E-state index contributed by atoms with van der Waals surface area (Å²) in [4.78, 5) is 41.4. The highest BCUT2D eigenvalue weighted by molar-refractivity contribution is 7.91. The van der Waals surface area contributed by atoms with E-state index in [0.29, 0.717) is 16.7 Å². The van der Waals surface area contributed by atoms with Gasteiger partial charge in [-0.3, -0.25) is 19.4 Å². The van der Waals surface area contributed by atoms with E-state index in [0.717, 1.165) is 5.56 Å². The van der Waals surface area contributed by atoms with Gasteiger partial charge in [0.15, 0.2) is 11.2 Å². The number of ketones is 1. The Bertz CT molecular complexity index is 1820. The van der Waals surface area contributed by atoms with Crippen LogP contribution in [0.15, 0.2) is 102 Å². The molecule has 1 heterocycles. The molecule has 0 fully saturated rings. The van der Waals surface area contributed by atoms with Gasteiger partial charge in [0.05, 0.1) is 4.90 Å². The Morgan fingerprint density at radius 1 is 0.646 bits per heavy atom. The maximum absolute atomic E-state index is 13.2. The summed E-state index contributed by atoms with van der Waals surface area (Å²) in [6, 6.07) is 19.3. The first-order valence-corrected chi connectivity index (χ1v) is 16.7. The molecule has 0 radical (unpaired) electrons. The summed E-state index contributed by atoms with van der Waals surface area (Å²) < 4.78 is 52.5. The minimum absolute atomic E-state index is 0.0987. The number of benzene rings is 3. The van der Waals surface area contributed by atoms with Crippen LogP contribution < -0.4 is 10.6 Å². The van der Waals surface area contributed by atoms with Crippen LogP contribution in [0.4, 0.5) is 8.78 Å². The molecule has 0 saturated carbocycles. The Balaban J connectivity index is 0.000000261. The van der Waals surface area contributed by atoms with Gasteiger partial charge in [-0.1, -0.05) is 83.5 Å². The van der Waals surface area contributed by atoms with Gasteiger partial charge in [-0.15, -0.1) is 0 Å². The van der Waals surface area contributed by atoms with Crippen molar-refractivity contribution in [1.82, 2.24) is 15.6 Å². The number of hydrogen-bond donors (Lipinski definition) is 2. The summed E-state index contributed by atoms with van der Waals surface area (Å²) in [5, 5.41) is 4.07. The maximum atomic E-state index is 13.2. The van der Waals surface area contributed by atoms with Crippen molar-refractivity contribution in [2.24, 2.45) is 10.8 Å². The summed E-state index contributed by atoms with van der Waals surface area (Å²) in [7, 11) is -3.89. The molecule has 0 saturated heterocycles. The number of carbonyl (C=O) groups is 3. The van der Waals surface area contributed by atoms with Crippen LogP contribution in [0, 0.1) is 29.4 Å². The van der Waals surface area contributed by atoms with Crippen molar-refractivity contribution < 1.29 is 31.6 Å². The number of amides is 2. The second-order valence-corrected chi connectivity index (χ2v) is 15.4. The third-order valence-electron chi connectivity index (χ3n) is 7.16. The molecule has 0 bridgehead atoms. The van der Waals surface area contributed by atoms with E-state index < -0.39 is 49.6 Å². The first kappa shape index (κ1) is 37.7. The molecule has 0 aliphatic carbocycles. The van der Waals surface area contributed by atoms with Crippen molar-refractivity contribution in [3.63, 3.8) is 0 Å². The van der Waals surface area contributed by atoms with Gasteiger partial charge in [-0.05, 0) is 66.6 Å². The van der Waals surface area contributed by atoms with Gasteiger partial charge in [0.25, 0.3) is 0 Å². The van der Waals surface area contributed by atoms with Gasteiger partial charge in [-0.2, -0.15) is 0 Å². The van der Waals surface area contributed by atoms with Crippen molar-refractivity contribution in [3.8, 4) is 0 Å². The Morgan fingerprint density at radius 3 is 1.54 bits per heavy atom. The average Bonchev–Trinajstić information content (AvgIpc) is 3.03. The van der Waals surface area contributed by atoms with Crippen LogP contribution in [-0.2, 0) is 19.4 Å². The summed E-state index contributed by atoms with van der Waals surface area (Å²) in [6.45, 7) is 12.2. The molecule has 0 aliphatic rings. The molecule has 0 aliphatic heterocycles. The van der Waals surface area contributed by atoms with Gasteiger partial charge < -0.3 is 10.6 Å². The number of halogens is 2. The minimum Gasteiger partial charge on any atom is -0.341 e. The largest absolute Gasteiger partial charge is 0.341 e. The number of rotatable bonds is 8. The standard InChI is InChI=1S/C19H22FNO3S.C18H19FN2O2/c1-13-5-11-16(12-6-13)25(23,24)17(21-18(22)19(2,3)4)14-7-9-15(20)10-8-14;1-18(2,3)17(23)21-15(12-4-6-14(19)7-5-12)16(22)13-8-10-20-11-9-13/h5-12,17H,1-4H3,(H,21,22);4-11,15H,1-3H3,(H,21,23). The molecule has 254 valence electrons. The SMILES string of the molecule is CC(C)(C)C(=O)NC(C(=O)c1ccncc1)c1ccc(F)cc1.Cc1ccc(S(=O)(=O)C(NC(=O)C(C)(C)C)c2ccc(F)cc2)cc1. The predicted octanol–water partition coefficient (Wildman–Crippen LogP) is 7.08. The van der Waals surface area contributed by atoms with Crippen molar-refractivity contribution in [2.45, 2.75) is 64.8 Å². The van der Waals surface area contributed by atoms with Crippen LogP contribution in [0.5, 0.6) is 0 Å².